The Morgan fingerprint density at radius 3 is 2.12 bits per heavy atom. The number of ketones is 1. The molecular formula is C5H6O3. The van der Waals surface area contributed by atoms with Crippen LogP contribution in [0.1, 0.15) is 6.92 Å². The summed E-state index contributed by atoms with van der Waals surface area (Å²) in [6.45, 7) is 1.38. The number of carbonyl (C=O) groups excluding carboxylic acids is 3. The van der Waals surface area contributed by atoms with Gasteiger partial charge in [0.25, 0.3) is 0 Å². The predicted molar refractivity (Wildman–Crippen MR) is 26.3 cm³/mol. The molecule has 0 spiro atoms. The Balaban J connectivity index is 3.80. The van der Waals surface area contributed by atoms with Gasteiger partial charge < -0.3 is 4.79 Å². The molecule has 0 bridgehead atoms. The Morgan fingerprint density at radius 1 is 1.50 bits per heavy atom. The first-order valence-electron chi connectivity index (χ1n) is 2.16. The first-order valence-corrected chi connectivity index (χ1v) is 2.16. The number of hydrogen-bond acceptors (Lipinski definition) is 3. The standard InChI is InChI=1S/C5H6O3/c1-4(2-6)5(8)3-7/h2-4H,1H3/t4-/m1/s1. The van der Waals surface area contributed by atoms with E-state index in [1.165, 1.54) is 6.92 Å². The van der Waals surface area contributed by atoms with Crippen LogP contribution in [0.4, 0.5) is 0 Å². The lowest BCUT2D eigenvalue weighted by Gasteiger charge is -1.88. The zero-order chi connectivity index (χ0) is 6.57. The third-order valence-electron chi connectivity index (χ3n) is 0.769. The van der Waals surface area contributed by atoms with Crippen molar-refractivity contribution in [2.45, 2.75) is 6.92 Å². The largest absolute Gasteiger partial charge is 0.303 e. The smallest absolute Gasteiger partial charge is 0.205 e. The second-order valence-electron chi connectivity index (χ2n) is 1.44. The van der Waals surface area contributed by atoms with Gasteiger partial charge in [-0.3, -0.25) is 9.59 Å². The van der Waals surface area contributed by atoms with Gasteiger partial charge >= 0.3 is 0 Å². The van der Waals surface area contributed by atoms with E-state index in [0.717, 1.165) is 0 Å². The third-order valence-corrected chi connectivity index (χ3v) is 0.769. The van der Waals surface area contributed by atoms with Crippen molar-refractivity contribution in [2.24, 2.45) is 5.92 Å². The summed E-state index contributed by atoms with van der Waals surface area (Å²) in [6.07, 6.45) is 0.593. The maximum absolute atomic E-state index is 10.1. The van der Waals surface area contributed by atoms with Crippen molar-refractivity contribution in [3.63, 3.8) is 0 Å². The minimum Gasteiger partial charge on any atom is -0.303 e. The zero-order valence-electron chi connectivity index (χ0n) is 4.46. The van der Waals surface area contributed by atoms with Gasteiger partial charge in [-0.2, -0.15) is 0 Å². The molecule has 3 nitrogen and oxygen atoms in total. The van der Waals surface area contributed by atoms with Gasteiger partial charge in [0.15, 0.2) is 6.29 Å². The molecule has 8 heavy (non-hydrogen) atoms. The van der Waals surface area contributed by atoms with E-state index in [2.05, 4.69) is 0 Å². The van der Waals surface area contributed by atoms with Gasteiger partial charge in [-0.1, -0.05) is 0 Å². The molecule has 0 aromatic heterocycles. The van der Waals surface area contributed by atoms with Crippen LogP contribution in [0.2, 0.25) is 0 Å². The second-order valence-corrected chi connectivity index (χ2v) is 1.44. The van der Waals surface area contributed by atoms with E-state index in [1.807, 2.05) is 0 Å². The molecule has 0 aromatic rings. The van der Waals surface area contributed by atoms with Gasteiger partial charge in [0, 0.05) is 0 Å². The van der Waals surface area contributed by atoms with E-state index in [1.54, 1.807) is 0 Å². The topological polar surface area (TPSA) is 51.2 Å². The van der Waals surface area contributed by atoms with Crippen LogP contribution in [0.3, 0.4) is 0 Å². The summed E-state index contributed by atoms with van der Waals surface area (Å²) in [5.41, 5.74) is 0. The number of rotatable bonds is 3. The van der Waals surface area contributed by atoms with Gasteiger partial charge in [0.2, 0.25) is 5.78 Å². The van der Waals surface area contributed by atoms with Crippen molar-refractivity contribution in [3.05, 3.63) is 0 Å². The van der Waals surface area contributed by atoms with E-state index in [-0.39, 0.29) is 6.29 Å². The Labute approximate surface area is 46.7 Å². The highest BCUT2D eigenvalue weighted by atomic mass is 16.2. The van der Waals surface area contributed by atoms with Crippen molar-refractivity contribution in [1.29, 1.82) is 0 Å². The summed E-state index contributed by atoms with van der Waals surface area (Å²) in [6, 6.07) is 0. The lowest BCUT2D eigenvalue weighted by molar-refractivity contribution is -0.134. The van der Waals surface area contributed by atoms with Crippen LogP contribution in [0.5, 0.6) is 0 Å². The van der Waals surface area contributed by atoms with Crippen LogP contribution in [-0.4, -0.2) is 18.4 Å². The van der Waals surface area contributed by atoms with Crippen molar-refractivity contribution in [2.75, 3.05) is 0 Å². The quantitative estimate of drug-likeness (QED) is 0.284. The monoisotopic (exact) mass is 114 g/mol. The van der Waals surface area contributed by atoms with Crippen molar-refractivity contribution in [3.8, 4) is 0 Å². The molecular weight excluding hydrogens is 108 g/mol. The fraction of sp³-hybridized carbons (Fsp3) is 0.400. The van der Waals surface area contributed by atoms with Gasteiger partial charge in [0.1, 0.15) is 6.29 Å². The van der Waals surface area contributed by atoms with E-state index >= 15 is 0 Å². The van der Waals surface area contributed by atoms with E-state index in [9.17, 15) is 14.4 Å². The maximum atomic E-state index is 10.1. The molecule has 0 N–H and O–H groups in total. The molecule has 0 unspecified atom stereocenters. The van der Waals surface area contributed by atoms with E-state index in [4.69, 9.17) is 0 Å². The molecule has 0 saturated heterocycles. The van der Waals surface area contributed by atoms with Crippen molar-refractivity contribution < 1.29 is 14.4 Å². The Bertz CT molecular complexity index is 117. The minimum atomic E-state index is -0.771. The number of carbonyl (C=O) groups is 3. The maximum Gasteiger partial charge on any atom is 0.205 e. The fourth-order valence-electron chi connectivity index (χ4n) is 0.174. The summed E-state index contributed by atoms with van der Waals surface area (Å²) in [4.78, 5) is 29.5. The summed E-state index contributed by atoms with van der Waals surface area (Å²) in [7, 11) is 0. The highest BCUT2D eigenvalue weighted by Crippen LogP contribution is 1.86. The average molecular weight is 114 g/mol. The molecule has 0 aliphatic carbocycles. The lowest BCUT2D eigenvalue weighted by atomic mass is 10.1. The molecule has 1 atom stereocenters. The molecule has 0 radical (unpaired) electrons. The first-order chi connectivity index (χ1) is 3.72. The Morgan fingerprint density at radius 2 is 2.00 bits per heavy atom. The lowest BCUT2D eigenvalue weighted by Crippen LogP contribution is -2.12. The molecule has 0 aromatic carbocycles. The molecule has 3 heteroatoms. The Kier molecular flexibility index (Phi) is 2.69. The minimum absolute atomic E-state index is 0.152. The molecule has 44 valence electrons. The van der Waals surface area contributed by atoms with E-state index in [0.29, 0.717) is 6.29 Å². The van der Waals surface area contributed by atoms with Gasteiger partial charge in [-0.15, -0.1) is 0 Å². The highest BCUT2D eigenvalue weighted by molar-refractivity contribution is 6.29. The van der Waals surface area contributed by atoms with Gasteiger partial charge in [0.05, 0.1) is 5.92 Å². The predicted octanol–water partition coefficient (Wildman–Crippen LogP) is -0.411. The summed E-state index contributed by atoms with van der Waals surface area (Å²) in [5.74, 6) is -1.44. The third kappa shape index (κ3) is 1.64. The fourth-order valence-corrected chi connectivity index (χ4v) is 0.174. The van der Waals surface area contributed by atoms with Gasteiger partial charge in [-0.05, 0) is 6.92 Å². The van der Waals surface area contributed by atoms with Crippen LogP contribution in [0, 0.1) is 5.92 Å². The molecule has 0 fully saturated rings. The normalized spacial score (nSPS) is 12.1. The van der Waals surface area contributed by atoms with Crippen LogP contribution in [0.15, 0.2) is 0 Å². The molecule has 0 saturated carbocycles. The van der Waals surface area contributed by atoms with Crippen LogP contribution in [-0.2, 0) is 14.4 Å². The molecule has 0 aliphatic rings. The zero-order valence-corrected chi connectivity index (χ0v) is 4.46. The van der Waals surface area contributed by atoms with E-state index < -0.39 is 11.7 Å². The van der Waals surface area contributed by atoms with Crippen LogP contribution < -0.4 is 0 Å². The van der Waals surface area contributed by atoms with Crippen LogP contribution in [0.25, 0.3) is 0 Å². The van der Waals surface area contributed by atoms with Crippen LogP contribution >= 0.6 is 0 Å². The molecule has 0 aliphatic heterocycles. The average Bonchev–Trinajstić information content (AvgIpc) is 1.84. The second kappa shape index (κ2) is 3.07. The molecule has 0 amide bonds. The molecule has 0 heterocycles. The summed E-state index contributed by atoms with van der Waals surface area (Å²) < 4.78 is 0. The first kappa shape index (κ1) is 7.01. The van der Waals surface area contributed by atoms with Crippen molar-refractivity contribution in [1.82, 2.24) is 0 Å². The molecule has 0 rings (SSSR count). The SMILES string of the molecule is C[C@H](C=O)C(=O)C=O. The number of Topliss-reactive ketones (excluding diaryl/α,β-unsaturated/α-hetero) is 1. The Hall–Kier alpha value is -0.990. The highest BCUT2D eigenvalue weighted by Gasteiger charge is 2.07. The number of aldehydes is 2. The summed E-state index contributed by atoms with van der Waals surface area (Å²) in [5, 5.41) is 0. The summed E-state index contributed by atoms with van der Waals surface area (Å²) >= 11 is 0. The van der Waals surface area contributed by atoms with Gasteiger partial charge in [-0.25, -0.2) is 0 Å². The number of hydrogen-bond donors (Lipinski definition) is 0. The van der Waals surface area contributed by atoms with Crippen molar-refractivity contribution >= 4 is 18.4 Å².